The number of benzene rings is 1. The van der Waals surface area contributed by atoms with E-state index >= 15 is 0 Å². The van der Waals surface area contributed by atoms with Crippen molar-refractivity contribution in [3.05, 3.63) is 29.8 Å². The average molecular weight is 275 g/mol. The summed E-state index contributed by atoms with van der Waals surface area (Å²) in [7, 11) is -0.0846. The molecule has 20 heavy (non-hydrogen) atoms. The Labute approximate surface area is 123 Å². The number of rotatable bonds is 5. The van der Waals surface area contributed by atoms with Crippen LogP contribution in [0.15, 0.2) is 24.3 Å². The van der Waals surface area contributed by atoms with E-state index in [4.69, 9.17) is 9.31 Å². The Bertz CT molecular complexity index is 444. The second kappa shape index (κ2) is 5.78. The molecule has 1 heterocycles. The largest absolute Gasteiger partial charge is 0.457 e. The van der Waals surface area contributed by atoms with Crippen molar-refractivity contribution < 1.29 is 9.31 Å². The lowest BCUT2D eigenvalue weighted by molar-refractivity contribution is 0.00578. The zero-order valence-electron chi connectivity index (χ0n) is 13.3. The normalized spacial score (nSPS) is 20.1. The van der Waals surface area contributed by atoms with Crippen LogP contribution in [0.4, 0.5) is 5.69 Å². The number of anilines is 1. The van der Waals surface area contributed by atoms with Crippen molar-refractivity contribution in [2.75, 3.05) is 11.9 Å². The van der Waals surface area contributed by atoms with E-state index in [2.05, 4.69) is 64.2 Å². The van der Waals surface area contributed by atoms with Gasteiger partial charge in [-0.1, -0.05) is 18.2 Å². The molecule has 3 nitrogen and oxygen atoms in total. The SMILES string of the molecule is Cc1ccccc1NCCCB1OC(C)(C)C(C)(C)O1. The number of hydrogen-bond donors (Lipinski definition) is 1. The molecule has 0 unspecified atom stereocenters. The molecule has 1 fully saturated rings. The molecule has 0 atom stereocenters. The topological polar surface area (TPSA) is 30.5 Å². The molecule has 1 saturated heterocycles. The summed E-state index contributed by atoms with van der Waals surface area (Å²) in [5, 5.41) is 3.47. The third-order valence-corrected chi connectivity index (χ3v) is 4.38. The van der Waals surface area contributed by atoms with Crippen molar-refractivity contribution in [1.82, 2.24) is 0 Å². The molecule has 1 aliphatic heterocycles. The number of hydrogen-bond acceptors (Lipinski definition) is 3. The van der Waals surface area contributed by atoms with E-state index in [9.17, 15) is 0 Å². The van der Waals surface area contributed by atoms with Gasteiger partial charge in [-0.15, -0.1) is 0 Å². The highest BCUT2D eigenvalue weighted by Gasteiger charge is 2.50. The molecule has 4 heteroatoms. The lowest BCUT2D eigenvalue weighted by Gasteiger charge is -2.32. The molecule has 1 N–H and O–H groups in total. The van der Waals surface area contributed by atoms with Gasteiger partial charge in [-0.25, -0.2) is 0 Å². The molecule has 0 amide bonds. The molecule has 0 aromatic heterocycles. The molecule has 110 valence electrons. The van der Waals surface area contributed by atoms with Crippen molar-refractivity contribution in [2.24, 2.45) is 0 Å². The molecular weight excluding hydrogens is 249 g/mol. The summed E-state index contributed by atoms with van der Waals surface area (Å²) < 4.78 is 12.0. The number of aryl methyl sites for hydroxylation is 1. The fraction of sp³-hybridized carbons (Fsp3) is 0.625. The molecule has 1 aliphatic rings. The minimum Gasteiger partial charge on any atom is -0.403 e. The van der Waals surface area contributed by atoms with E-state index in [1.165, 1.54) is 11.3 Å². The van der Waals surface area contributed by atoms with Crippen molar-refractivity contribution in [3.63, 3.8) is 0 Å². The van der Waals surface area contributed by atoms with E-state index in [-0.39, 0.29) is 18.3 Å². The summed E-state index contributed by atoms with van der Waals surface area (Å²) in [6, 6.07) is 8.36. The Morgan fingerprint density at radius 1 is 1.05 bits per heavy atom. The Morgan fingerprint density at radius 3 is 2.25 bits per heavy atom. The van der Waals surface area contributed by atoms with Gasteiger partial charge in [0.1, 0.15) is 0 Å². The number of nitrogens with one attached hydrogen (secondary N) is 1. The zero-order valence-corrected chi connectivity index (χ0v) is 13.3. The van der Waals surface area contributed by atoms with E-state index in [1.807, 2.05) is 0 Å². The Balaban J connectivity index is 1.74. The first kappa shape index (κ1) is 15.4. The van der Waals surface area contributed by atoms with Crippen molar-refractivity contribution >= 4 is 12.8 Å². The standard InChI is InChI=1S/C16H26BNO2/c1-13-9-6-7-10-14(13)18-12-8-11-17-19-15(2,3)16(4,5)20-17/h6-7,9-10,18H,8,11-12H2,1-5H3. The van der Waals surface area contributed by atoms with Crippen LogP contribution in [0, 0.1) is 6.92 Å². The first-order valence-electron chi connectivity index (χ1n) is 7.47. The highest BCUT2D eigenvalue weighted by molar-refractivity contribution is 6.45. The Kier molecular flexibility index (Phi) is 4.45. The summed E-state index contributed by atoms with van der Waals surface area (Å²) in [6.07, 6.45) is 1.96. The van der Waals surface area contributed by atoms with Crippen LogP contribution in [-0.2, 0) is 9.31 Å². The summed E-state index contributed by atoms with van der Waals surface area (Å²) >= 11 is 0. The van der Waals surface area contributed by atoms with Gasteiger partial charge < -0.3 is 14.6 Å². The minimum absolute atomic E-state index is 0.0846. The van der Waals surface area contributed by atoms with Crippen LogP contribution in [0.25, 0.3) is 0 Å². The van der Waals surface area contributed by atoms with Crippen LogP contribution in [0.2, 0.25) is 6.32 Å². The molecule has 0 radical (unpaired) electrons. The molecule has 0 saturated carbocycles. The third kappa shape index (κ3) is 3.36. The summed E-state index contributed by atoms with van der Waals surface area (Å²) in [4.78, 5) is 0. The minimum atomic E-state index is -0.221. The fourth-order valence-electron chi connectivity index (χ4n) is 2.35. The van der Waals surface area contributed by atoms with E-state index in [0.717, 1.165) is 19.3 Å². The molecule has 0 spiro atoms. The van der Waals surface area contributed by atoms with E-state index in [0.29, 0.717) is 0 Å². The van der Waals surface area contributed by atoms with Crippen LogP contribution in [0.5, 0.6) is 0 Å². The smallest absolute Gasteiger partial charge is 0.403 e. The van der Waals surface area contributed by atoms with Crippen molar-refractivity contribution in [2.45, 2.75) is 58.6 Å². The molecular formula is C16H26BNO2. The molecule has 2 rings (SSSR count). The van der Waals surface area contributed by atoms with Gasteiger partial charge in [0.15, 0.2) is 0 Å². The van der Waals surface area contributed by atoms with Gasteiger partial charge in [0.2, 0.25) is 0 Å². The maximum absolute atomic E-state index is 5.99. The lowest BCUT2D eigenvalue weighted by Crippen LogP contribution is -2.41. The highest BCUT2D eigenvalue weighted by atomic mass is 16.7. The summed E-state index contributed by atoms with van der Waals surface area (Å²) in [5.74, 6) is 0. The maximum atomic E-state index is 5.99. The second-order valence-corrected chi connectivity index (χ2v) is 6.57. The average Bonchev–Trinajstić information content (AvgIpc) is 2.55. The van der Waals surface area contributed by atoms with Gasteiger partial charge in [0, 0.05) is 12.2 Å². The molecule has 0 bridgehead atoms. The second-order valence-electron chi connectivity index (χ2n) is 6.57. The monoisotopic (exact) mass is 275 g/mol. The Morgan fingerprint density at radius 2 is 1.65 bits per heavy atom. The Hall–Kier alpha value is -0.995. The van der Waals surface area contributed by atoms with Crippen molar-refractivity contribution in [3.8, 4) is 0 Å². The number of para-hydroxylation sites is 1. The van der Waals surface area contributed by atoms with Gasteiger partial charge in [0.05, 0.1) is 11.2 Å². The zero-order chi connectivity index (χ0) is 14.8. The van der Waals surface area contributed by atoms with E-state index < -0.39 is 0 Å². The first-order chi connectivity index (χ1) is 9.32. The summed E-state index contributed by atoms with van der Waals surface area (Å²) in [5.41, 5.74) is 2.05. The fourth-order valence-corrected chi connectivity index (χ4v) is 2.35. The van der Waals surface area contributed by atoms with Gasteiger partial charge in [-0.2, -0.15) is 0 Å². The van der Waals surface area contributed by atoms with Crippen LogP contribution in [0.1, 0.15) is 39.7 Å². The molecule has 1 aromatic rings. The van der Waals surface area contributed by atoms with Crippen LogP contribution >= 0.6 is 0 Å². The predicted octanol–water partition coefficient (Wildman–Crippen LogP) is 3.89. The highest BCUT2D eigenvalue weighted by Crippen LogP contribution is 2.37. The lowest BCUT2D eigenvalue weighted by atomic mass is 9.83. The van der Waals surface area contributed by atoms with Gasteiger partial charge >= 0.3 is 7.12 Å². The molecule has 1 aromatic carbocycles. The molecule has 0 aliphatic carbocycles. The predicted molar refractivity (Wildman–Crippen MR) is 85.2 cm³/mol. The first-order valence-corrected chi connectivity index (χ1v) is 7.47. The van der Waals surface area contributed by atoms with Crippen LogP contribution in [-0.4, -0.2) is 24.9 Å². The maximum Gasteiger partial charge on any atom is 0.457 e. The quantitative estimate of drug-likeness (QED) is 0.653. The van der Waals surface area contributed by atoms with Gasteiger partial charge in [-0.05, 0) is 59.0 Å². The van der Waals surface area contributed by atoms with Crippen LogP contribution in [0.3, 0.4) is 0 Å². The van der Waals surface area contributed by atoms with E-state index in [1.54, 1.807) is 0 Å². The van der Waals surface area contributed by atoms with Gasteiger partial charge in [0.25, 0.3) is 0 Å². The van der Waals surface area contributed by atoms with Crippen molar-refractivity contribution in [1.29, 1.82) is 0 Å². The van der Waals surface area contributed by atoms with Gasteiger partial charge in [-0.3, -0.25) is 0 Å². The third-order valence-electron chi connectivity index (χ3n) is 4.38. The van der Waals surface area contributed by atoms with Crippen LogP contribution < -0.4 is 5.32 Å². The summed E-state index contributed by atoms with van der Waals surface area (Å²) in [6.45, 7) is 11.4.